The van der Waals surface area contributed by atoms with Crippen molar-refractivity contribution in [2.75, 3.05) is 12.5 Å². The Kier molecular flexibility index (Phi) is 3.00. The van der Waals surface area contributed by atoms with Crippen LogP contribution in [0.3, 0.4) is 0 Å². The van der Waals surface area contributed by atoms with Crippen LogP contribution in [0.1, 0.15) is 15.9 Å². The van der Waals surface area contributed by atoms with Gasteiger partial charge < -0.3 is 20.5 Å². The van der Waals surface area contributed by atoms with Gasteiger partial charge in [-0.1, -0.05) is 0 Å². The lowest BCUT2D eigenvalue weighted by molar-refractivity contribution is 0.0951. The van der Waals surface area contributed by atoms with E-state index in [0.29, 0.717) is 29.3 Å². The van der Waals surface area contributed by atoms with Crippen molar-refractivity contribution in [3.63, 3.8) is 0 Å². The number of nitrogens with one attached hydrogen (secondary N) is 1. The summed E-state index contributed by atoms with van der Waals surface area (Å²) in [6, 6.07) is 5.19. The molecule has 19 heavy (non-hydrogen) atoms. The maximum atomic E-state index is 12.1. The number of amides is 1. The highest BCUT2D eigenvalue weighted by molar-refractivity contribution is 7.07. The van der Waals surface area contributed by atoms with Crippen LogP contribution in [0.15, 0.2) is 29.0 Å². The summed E-state index contributed by atoms with van der Waals surface area (Å²) in [5.41, 5.74) is 7.70. The molecule has 3 rings (SSSR count). The van der Waals surface area contributed by atoms with Gasteiger partial charge in [0.15, 0.2) is 11.5 Å². The van der Waals surface area contributed by atoms with Crippen LogP contribution >= 0.6 is 11.3 Å². The molecule has 1 aromatic heterocycles. The molecule has 0 fully saturated rings. The van der Waals surface area contributed by atoms with Gasteiger partial charge in [-0.15, -0.1) is 0 Å². The normalized spacial score (nSPS) is 12.4. The summed E-state index contributed by atoms with van der Waals surface area (Å²) in [7, 11) is 0. The average molecular weight is 276 g/mol. The van der Waals surface area contributed by atoms with Crippen molar-refractivity contribution >= 4 is 22.9 Å². The molecule has 0 bridgehead atoms. The Labute approximate surface area is 113 Å². The van der Waals surface area contributed by atoms with E-state index in [1.54, 1.807) is 23.5 Å². The van der Waals surface area contributed by atoms with Crippen LogP contribution in [-0.4, -0.2) is 12.7 Å². The zero-order valence-electron chi connectivity index (χ0n) is 10.0. The summed E-state index contributed by atoms with van der Waals surface area (Å²) >= 11 is 1.59. The topological polar surface area (TPSA) is 73.6 Å². The molecule has 1 aliphatic heterocycles. The number of rotatable bonds is 3. The Morgan fingerprint density at radius 3 is 2.89 bits per heavy atom. The Bertz CT molecular complexity index is 611. The number of thiophene rings is 1. The molecule has 0 saturated carbocycles. The number of fused-ring (bicyclic) bond motifs is 1. The van der Waals surface area contributed by atoms with Gasteiger partial charge in [0.05, 0.1) is 5.56 Å². The smallest absolute Gasteiger partial charge is 0.253 e. The fraction of sp³-hybridized carbons (Fsp3) is 0.154. The molecule has 6 heteroatoms. The van der Waals surface area contributed by atoms with E-state index in [-0.39, 0.29) is 12.7 Å². The van der Waals surface area contributed by atoms with E-state index >= 15 is 0 Å². The molecule has 0 atom stereocenters. The minimum Gasteiger partial charge on any atom is -0.454 e. The SMILES string of the molecule is Nc1cc2c(cc1C(=O)NCc1ccsc1)OCO2. The number of nitrogen functional groups attached to an aromatic ring is 1. The summed E-state index contributed by atoms with van der Waals surface area (Å²) < 4.78 is 10.4. The molecular weight excluding hydrogens is 264 g/mol. The summed E-state index contributed by atoms with van der Waals surface area (Å²) in [4.78, 5) is 12.1. The molecule has 0 aliphatic carbocycles. The number of hydrogen-bond acceptors (Lipinski definition) is 5. The first-order valence-corrected chi connectivity index (χ1v) is 6.67. The average Bonchev–Trinajstić information content (AvgIpc) is 3.05. The number of anilines is 1. The number of carbonyl (C=O) groups excluding carboxylic acids is 1. The quantitative estimate of drug-likeness (QED) is 0.841. The molecule has 1 aromatic carbocycles. The van der Waals surface area contributed by atoms with Crippen LogP contribution in [0.5, 0.6) is 11.5 Å². The van der Waals surface area contributed by atoms with Crippen molar-refractivity contribution in [3.05, 3.63) is 40.1 Å². The lowest BCUT2D eigenvalue weighted by Crippen LogP contribution is -2.23. The first-order chi connectivity index (χ1) is 9.24. The van der Waals surface area contributed by atoms with Crippen molar-refractivity contribution in [3.8, 4) is 11.5 Å². The summed E-state index contributed by atoms with van der Waals surface area (Å²) in [6.45, 7) is 0.644. The summed E-state index contributed by atoms with van der Waals surface area (Å²) in [5.74, 6) is 0.906. The second kappa shape index (κ2) is 4.81. The predicted molar refractivity (Wildman–Crippen MR) is 72.5 cm³/mol. The van der Waals surface area contributed by atoms with Crippen molar-refractivity contribution in [2.45, 2.75) is 6.54 Å². The zero-order chi connectivity index (χ0) is 13.2. The van der Waals surface area contributed by atoms with Crippen molar-refractivity contribution in [1.82, 2.24) is 5.32 Å². The Morgan fingerprint density at radius 1 is 1.37 bits per heavy atom. The van der Waals surface area contributed by atoms with Crippen LogP contribution < -0.4 is 20.5 Å². The highest BCUT2D eigenvalue weighted by atomic mass is 32.1. The molecule has 1 amide bonds. The van der Waals surface area contributed by atoms with E-state index < -0.39 is 0 Å². The van der Waals surface area contributed by atoms with Crippen LogP contribution in [0, 0.1) is 0 Å². The maximum absolute atomic E-state index is 12.1. The molecule has 1 aliphatic rings. The second-order valence-corrected chi connectivity index (χ2v) is 4.89. The third kappa shape index (κ3) is 2.34. The first-order valence-electron chi connectivity index (χ1n) is 5.72. The second-order valence-electron chi connectivity index (χ2n) is 4.11. The van der Waals surface area contributed by atoms with Gasteiger partial charge in [-0.25, -0.2) is 0 Å². The van der Waals surface area contributed by atoms with Gasteiger partial charge in [0, 0.05) is 18.3 Å². The Balaban J connectivity index is 1.76. The molecule has 0 saturated heterocycles. The minimum absolute atomic E-state index is 0.161. The molecule has 5 nitrogen and oxygen atoms in total. The third-order valence-corrected chi connectivity index (χ3v) is 3.55. The lowest BCUT2D eigenvalue weighted by Gasteiger charge is -2.08. The van der Waals surface area contributed by atoms with Crippen molar-refractivity contribution in [2.24, 2.45) is 0 Å². The molecule has 0 radical (unpaired) electrons. The zero-order valence-corrected chi connectivity index (χ0v) is 10.8. The molecule has 3 N–H and O–H groups in total. The summed E-state index contributed by atoms with van der Waals surface area (Å²) in [5, 5.41) is 6.78. The van der Waals surface area contributed by atoms with E-state index in [1.165, 1.54) is 0 Å². The highest BCUT2D eigenvalue weighted by Crippen LogP contribution is 2.35. The molecule has 2 aromatic rings. The van der Waals surface area contributed by atoms with Gasteiger partial charge in [0.1, 0.15) is 0 Å². The number of benzene rings is 1. The standard InChI is InChI=1S/C13H12N2O3S/c14-10-4-12-11(17-7-18-12)3-9(10)13(16)15-5-8-1-2-19-6-8/h1-4,6H,5,7,14H2,(H,15,16). The fourth-order valence-corrected chi connectivity index (χ4v) is 2.49. The Morgan fingerprint density at radius 2 is 2.16 bits per heavy atom. The molecular formula is C13H12N2O3S. The number of ether oxygens (including phenoxy) is 2. The van der Waals surface area contributed by atoms with Gasteiger partial charge in [0.2, 0.25) is 6.79 Å². The highest BCUT2D eigenvalue weighted by Gasteiger charge is 2.19. The molecule has 98 valence electrons. The van der Waals surface area contributed by atoms with Gasteiger partial charge in [-0.2, -0.15) is 11.3 Å². The van der Waals surface area contributed by atoms with Gasteiger partial charge in [-0.05, 0) is 28.5 Å². The maximum Gasteiger partial charge on any atom is 0.253 e. The van der Waals surface area contributed by atoms with E-state index in [1.807, 2.05) is 16.8 Å². The van der Waals surface area contributed by atoms with Gasteiger partial charge in [0.25, 0.3) is 5.91 Å². The largest absolute Gasteiger partial charge is 0.454 e. The molecule has 0 spiro atoms. The van der Waals surface area contributed by atoms with Gasteiger partial charge in [-0.3, -0.25) is 4.79 Å². The van der Waals surface area contributed by atoms with E-state index in [9.17, 15) is 4.79 Å². The fourth-order valence-electron chi connectivity index (χ4n) is 1.83. The van der Waals surface area contributed by atoms with Crippen LogP contribution in [0.25, 0.3) is 0 Å². The van der Waals surface area contributed by atoms with Gasteiger partial charge >= 0.3 is 0 Å². The van der Waals surface area contributed by atoms with Crippen LogP contribution in [0.4, 0.5) is 5.69 Å². The minimum atomic E-state index is -0.220. The Hall–Kier alpha value is -2.21. The third-order valence-electron chi connectivity index (χ3n) is 2.82. The number of nitrogens with two attached hydrogens (primary N) is 1. The number of hydrogen-bond donors (Lipinski definition) is 2. The summed E-state index contributed by atoms with van der Waals surface area (Å²) in [6.07, 6.45) is 0. The first kappa shape index (κ1) is 11.9. The monoisotopic (exact) mass is 276 g/mol. The van der Waals surface area contributed by atoms with Crippen molar-refractivity contribution in [1.29, 1.82) is 0 Å². The van der Waals surface area contributed by atoms with E-state index in [4.69, 9.17) is 15.2 Å². The van der Waals surface area contributed by atoms with E-state index in [0.717, 1.165) is 5.56 Å². The van der Waals surface area contributed by atoms with Crippen molar-refractivity contribution < 1.29 is 14.3 Å². The molecule has 2 heterocycles. The molecule has 0 unspecified atom stereocenters. The van der Waals surface area contributed by atoms with Crippen LogP contribution in [-0.2, 0) is 6.54 Å². The van der Waals surface area contributed by atoms with E-state index in [2.05, 4.69) is 5.32 Å². The number of carbonyl (C=O) groups is 1. The lowest BCUT2D eigenvalue weighted by atomic mass is 10.1. The van der Waals surface area contributed by atoms with Crippen LogP contribution in [0.2, 0.25) is 0 Å². The predicted octanol–water partition coefficient (Wildman–Crippen LogP) is 1.99.